The highest BCUT2D eigenvalue weighted by Gasteiger charge is 2.43. The number of Topliss-reactive ketones (excluding diaryl/α,β-unsaturated/α-hetero) is 1. The maximum atomic E-state index is 13.4. The largest absolute Gasteiger partial charge is 0.503 e. The van der Waals surface area contributed by atoms with Gasteiger partial charge in [0.2, 0.25) is 0 Å². The number of para-hydroxylation sites is 1. The number of hydrogen-bond donors (Lipinski definition) is 2. The minimum atomic E-state index is -0.675. The lowest BCUT2D eigenvalue weighted by Crippen LogP contribution is -2.33. The molecule has 0 radical (unpaired) electrons. The van der Waals surface area contributed by atoms with Crippen LogP contribution in [-0.4, -0.2) is 38.2 Å². The third kappa shape index (κ3) is 3.67. The van der Waals surface area contributed by atoms with Crippen LogP contribution in [0.25, 0.3) is 10.9 Å². The fourth-order valence-corrected chi connectivity index (χ4v) is 4.75. The number of nitrogens with one attached hydrogen (secondary N) is 1. The lowest BCUT2D eigenvalue weighted by Gasteiger charge is -2.27. The normalized spacial score (nSPS) is 16.0. The number of aliphatic hydroxyl groups excluding tert-OH is 1. The highest BCUT2D eigenvalue weighted by Crippen LogP contribution is 2.39. The number of carbonyl (C=O) groups is 2. The van der Waals surface area contributed by atoms with Gasteiger partial charge in [-0.3, -0.25) is 14.6 Å². The zero-order valence-electron chi connectivity index (χ0n) is 19.1. The van der Waals surface area contributed by atoms with E-state index in [0.717, 1.165) is 33.3 Å². The van der Waals surface area contributed by atoms with Crippen molar-refractivity contribution in [2.24, 2.45) is 0 Å². The molecule has 0 fully saturated rings. The van der Waals surface area contributed by atoms with Gasteiger partial charge in [0.1, 0.15) is 0 Å². The van der Waals surface area contributed by atoms with Crippen LogP contribution in [0.4, 0.5) is 0 Å². The van der Waals surface area contributed by atoms with E-state index in [-0.39, 0.29) is 5.57 Å². The van der Waals surface area contributed by atoms with E-state index in [9.17, 15) is 14.7 Å². The molecule has 0 bridgehead atoms. The molecule has 1 unspecified atom stereocenters. The fraction of sp³-hybridized carbons (Fsp3) is 0.179. The predicted molar refractivity (Wildman–Crippen MR) is 131 cm³/mol. The third-order valence-electron chi connectivity index (χ3n) is 6.49. The fourth-order valence-electron chi connectivity index (χ4n) is 4.75. The molecule has 1 atom stereocenters. The van der Waals surface area contributed by atoms with Crippen molar-refractivity contribution in [1.29, 1.82) is 0 Å². The average Bonchev–Trinajstić information content (AvgIpc) is 3.31. The third-order valence-corrected chi connectivity index (χ3v) is 6.49. The molecule has 2 aromatic heterocycles. The molecule has 5 rings (SSSR count). The monoisotopic (exact) mass is 451 g/mol. The van der Waals surface area contributed by atoms with Gasteiger partial charge in [-0.05, 0) is 49.6 Å². The number of benzene rings is 2. The van der Waals surface area contributed by atoms with E-state index in [0.29, 0.717) is 18.5 Å². The van der Waals surface area contributed by atoms with Gasteiger partial charge in [0, 0.05) is 41.1 Å². The number of aromatic amines is 1. The number of ketones is 1. The second kappa shape index (κ2) is 8.63. The molecule has 0 aliphatic carbocycles. The molecule has 34 heavy (non-hydrogen) atoms. The van der Waals surface area contributed by atoms with E-state index < -0.39 is 23.5 Å². The van der Waals surface area contributed by atoms with Gasteiger partial charge in [-0.2, -0.15) is 0 Å². The molecular formula is C28H25N3O3. The van der Waals surface area contributed by atoms with Crippen LogP contribution in [0.15, 0.2) is 84.4 Å². The minimum Gasteiger partial charge on any atom is -0.503 e. The Kier molecular flexibility index (Phi) is 5.49. The van der Waals surface area contributed by atoms with Gasteiger partial charge >= 0.3 is 0 Å². The van der Waals surface area contributed by atoms with Crippen LogP contribution in [0, 0.1) is 13.8 Å². The van der Waals surface area contributed by atoms with Crippen LogP contribution in [-0.2, 0) is 11.2 Å². The molecule has 0 spiro atoms. The summed E-state index contributed by atoms with van der Waals surface area (Å²) in [5.41, 5.74) is 5.50. The number of nitrogens with zero attached hydrogens (tertiary/aromatic N) is 2. The number of amides is 1. The highest BCUT2D eigenvalue weighted by molar-refractivity contribution is 6.16. The zero-order chi connectivity index (χ0) is 23.8. The first-order valence-corrected chi connectivity index (χ1v) is 11.3. The SMILES string of the molecule is Cc1ccc(C2C(C(=O)c3cccnc3)=C(O)C(=O)N2CCc2c(C)[nH]c3ccccc23)cc1. The van der Waals surface area contributed by atoms with Gasteiger partial charge in [-0.25, -0.2) is 0 Å². The Balaban J connectivity index is 1.53. The standard InChI is InChI=1S/C28H25N3O3/c1-17-9-11-19(12-10-17)25-24(26(32)20-6-5-14-29-16-20)27(33)28(34)31(25)15-13-21-18(2)30-23-8-4-3-7-22(21)23/h3-12,14,16,25,30,33H,13,15H2,1-2H3. The maximum absolute atomic E-state index is 13.4. The number of aromatic nitrogens is 2. The quantitative estimate of drug-likeness (QED) is 0.404. The summed E-state index contributed by atoms with van der Waals surface area (Å²) in [6.45, 7) is 4.36. The molecule has 170 valence electrons. The van der Waals surface area contributed by atoms with Crippen molar-refractivity contribution in [3.05, 3.63) is 112 Å². The summed E-state index contributed by atoms with van der Waals surface area (Å²) in [6, 6.07) is 18.4. The Morgan fingerprint density at radius 1 is 1.06 bits per heavy atom. The van der Waals surface area contributed by atoms with E-state index in [1.807, 2.05) is 56.3 Å². The average molecular weight is 452 g/mol. The van der Waals surface area contributed by atoms with Gasteiger partial charge in [-0.15, -0.1) is 0 Å². The molecule has 1 aliphatic rings. The van der Waals surface area contributed by atoms with Crippen molar-refractivity contribution in [3.8, 4) is 0 Å². The Hall–Kier alpha value is -4.19. The van der Waals surface area contributed by atoms with Crippen LogP contribution in [0.2, 0.25) is 0 Å². The molecule has 3 heterocycles. The first kappa shape index (κ1) is 21.6. The van der Waals surface area contributed by atoms with Crippen molar-refractivity contribution < 1.29 is 14.7 Å². The van der Waals surface area contributed by atoms with E-state index in [1.165, 1.54) is 6.20 Å². The molecule has 4 aromatic rings. The molecule has 0 saturated carbocycles. The minimum absolute atomic E-state index is 0.0949. The number of H-pyrrole nitrogens is 1. The van der Waals surface area contributed by atoms with Crippen molar-refractivity contribution in [3.63, 3.8) is 0 Å². The lowest BCUT2D eigenvalue weighted by atomic mass is 9.92. The lowest BCUT2D eigenvalue weighted by molar-refractivity contribution is -0.129. The van der Waals surface area contributed by atoms with Crippen LogP contribution in [0.1, 0.15) is 38.8 Å². The van der Waals surface area contributed by atoms with Crippen LogP contribution >= 0.6 is 0 Å². The van der Waals surface area contributed by atoms with Crippen LogP contribution < -0.4 is 0 Å². The highest BCUT2D eigenvalue weighted by atomic mass is 16.3. The Morgan fingerprint density at radius 3 is 2.56 bits per heavy atom. The summed E-state index contributed by atoms with van der Waals surface area (Å²) in [6.07, 6.45) is 3.63. The Bertz CT molecular complexity index is 1420. The van der Waals surface area contributed by atoms with Gasteiger partial charge in [0.05, 0.1) is 11.6 Å². The molecule has 2 aromatic carbocycles. The zero-order valence-corrected chi connectivity index (χ0v) is 19.1. The van der Waals surface area contributed by atoms with Gasteiger partial charge < -0.3 is 15.0 Å². The van der Waals surface area contributed by atoms with E-state index in [2.05, 4.69) is 16.0 Å². The smallest absolute Gasteiger partial charge is 0.290 e. The molecule has 2 N–H and O–H groups in total. The van der Waals surface area contributed by atoms with Crippen molar-refractivity contribution in [1.82, 2.24) is 14.9 Å². The van der Waals surface area contributed by atoms with Gasteiger partial charge in [0.15, 0.2) is 11.5 Å². The second-order valence-electron chi connectivity index (χ2n) is 8.67. The Labute approximate surface area is 197 Å². The summed E-state index contributed by atoms with van der Waals surface area (Å²) in [4.78, 5) is 35.7. The van der Waals surface area contributed by atoms with Crippen molar-refractivity contribution in [2.75, 3.05) is 6.54 Å². The molecule has 0 saturated heterocycles. The van der Waals surface area contributed by atoms with E-state index >= 15 is 0 Å². The summed E-state index contributed by atoms with van der Waals surface area (Å²) < 4.78 is 0. The first-order chi connectivity index (χ1) is 16.5. The van der Waals surface area contributed by atoms with E-state index in [4.69, 9.17) is 0 Å². The van der Waals surface area contributed by atoms with Gasteiger partial charge in [-0.1, -0.05) is 48.0 Å². The number of fused-ring (bicyclic) bond motifs is 1. The topological polar surface area (TPSA) is 86.3 Å². The molecular weight excluding hydrogens is 426 g/mol. The number of aliphatic hydroxyl groups is 1. The predicted octanol–water partition coefficient (Wildman–Crippen LogP) is 5.00. The van der Waals surface area contributed by atoms with Crippen molar-refractivity contribution in [2.45, 2.75) is 26.3 Å². The molecule has 1 aliphatic heterocycles. The number of aryl methyl sites for hydroxylation is 2. The number of rotatable bonds is 6. The Morgan fingerprint density at radius 2 is 1.82 bits per heavy atom. The molecule has 6 nitrogen and oxygen atoms in total. The molecule has 1 amide bonds. The summed E-state index contributed by atoms with van der Waals surface area (Å²) in [5, 5.41) is 12.0. The number of carbonyl (C=O) groups excluding carboxylic acids is 2. The van der Waals surface area contributed by atoms with Crippen molar-refractivity contribution >= 4 is 22.6 Å². The summed E-state index contributed by atoms with van der Waals surface area (Å²) in [5.74, 6) is -1.42. The van der Waals surface area contributed by atoms with E-state index in [1.54, 1.807) is 23.2 Å². The maximum Gasteiger partial charge on any atom is 0.290 e. The summed E-state index contributed by atoms with van der Waals surface area (Å²) in [7, 11) is 0. The number of pyridine rings is 1. The van der Waals surface area contributed by atoms with Gasteiger partial charge in [0.25, 0.3) is 5.91 Å². The second-order valence-corrected chi connectivity index (χ2v) is 8.67. The van der Waals surface area contributed by atoms with Crippen LogP contribution in [0.3, 0.4) is 0 Å². The number of hydrogen-bond acceptors (Lipinski definition) is 4. The first-order valence-electron chi connectivity index (χ1n) is 11.3. The molecule has 6 heteroatoms. The summed E-state index contributed by atoms with van der Waals surface area (Å²) >= 11 is 0. The van der Waals surface area contributed by atoms with Crippen LogP contribution in [0.5, 0.6) is 0 Å².